The van der Waals surface area contributed by atoms with Gasteiger partial charge in [0.2, 0.25) is 0 Å². The zero-order valence-corrected chi connectivity index (χ0v) is 4.33. The fourth-order valence-corrected chi connectivity index (χ4v) is 0. The average molecular weight is 92.2 g/mol. The molecule has 0 saturated heterocycles. The van der Waals surface area contributed by atoms with Crippen LogP contribution in [0.25, 0.3) is 0 Å². The number of carbonyl (C=O) groups excluding carboxylic acids is 1. The largest absolute Gasteiger partial charge is 0.304 e. The fourth-order valence-electron chi connectivity index (χ4n) is 0. The van der Waals surface area contributed by atoms with Gasteiger partial charge in [-0.25, -0.2) is 0 Å². The second-order valence-corrected chi connectivity index (χ2v) is 0.236. The van der Waals surface area contributed by atoms with Crippen molar-refractivity contribution in [3.63, 3.8) is 0 Å². The maximum Gasteiger partial charge on any atom is 0.116 e. The molecule has 0 N–H and O–H groups in total. The number of aldehydes is 1. The van der Waals surface area contributed by atoms with Gasteiger partial charge in [0.1, 0.15) is 6.29 Å². The van der Waals surface area contributed by atoms with Gasteiger partial charge in [-0.1, -0.05) is 0 Å². The van der Waals surface area contributed by atoms with E-state index in [0.717, 1.165) is 6.29 Å². The Kier molecular flexibility index (Phi) is 62.7. The molecule has 0 heterocycles. The number of hydrogen-bond donors (Lipinski definition) is 1. The summed E-state index contributed by atoms with van der Waals surface area (Å²) in [5.74, 6) is 0. The zero-order valence-electron chi connectivity index (χ0n) is 3.43. The Morgan fingerprint density at radius 2 is 1.60 bits per heavy atom. The molecule has 0 radical (unpaired) electrons. The van der Waals surface area contributed by atoms with Gasteiger partial charge in [0.15, 0.2) is 0 Å². The quantitative estimate of drug-likeness (QED) is 0.344. The molecule has 0 aromatic heterocycles. The maximum absolute atomic E-state index is 8.81. The van der Waals surface area contributed by atoms with Crippen molar-refractivity contribution in [2.45, 2.75) is 6.92 Å². The average Bonchev–Trinajstić information content (AvgIpc) is 1.46. The molecule has 1 nitrogen and oxygen atoms in total. The molecule has 2 heteroatoms. The van der Waals surface area contributed by atoms with E-state index in [4.69, 9.17) is 4.79 Å². The van der Waals surface area contributed by atoms with Crippen LogP contribution in [-0.4, -0.2) is 12.5 Å². The van der Waals surface area contributed by atoms with Crippen molar-refractivity contribution < 1.29 is 4.79 Å². The van der Waals surface area contributed by atoms with Crippen molar-refractivity contribution in [1.29, 1.82) is 0 Å². The van der Waals surface area contributed by atoms with Gasteiger partial charge in [0.25, 0.3) is 0 Å². The summed E-state index contributed by atoms with van der Waals surface area (Å²) < 4.78 is 0. The molecular weight excluding hydrogens is 84.1 g/mol. The number of hydrogen-bond acceptors (Lipinski definition) is 2. The van der Waals surface area contributed by atoms with Crippen LogP contribution in [0.4, 0.5) is 0 Å². The summed E-state index contributed by atoms with van der Waals surface area (Å²) >= 11 is 3.53. The van der Waals surface area contributed by atoms with Crippen molar-refractivity contribution >= 4 is 18.9 Å². The monoisotopic (exact) mass is 92.0 g/mol. The molecule has 0 amide bonds. The Morgan fingerprint density at radius 3 is 1.60 bits per heavy atom. The topological polar surface area (TPSA) is 17.1 Å². The van der Waals surface area contributed by atoms with Gasteiger partial charge >= 0.3 is 0 Å². The Morgan fingerprint density at radius 1 is 1.60 bits per heavy atom. The predicted molar refractivity (Wildman–Crippen MR) is 26.6 cm³/mol. The molecule has 0 saturated carbocycles. The lowest BCUT2D eigenvalue weighted by Gasteiger charge is -1.23. The molecule has 0 aromatic carbocycles. The third-order valence-corrected chi connectivity index (χ3v) is 0. The van der Waals surface area contributed by atoms with Crippen molar-refractivity contribution in [3.8, 4) is 0 Å². The lowest BCUT2D eigenvalue weighted by atomic mass is 11.0. The normalized spacial score (nSPS) is 3.80. The lowest BCUT2D eigenvalue weighted by Crippen LogP contribution is -1.36. The second kappa shape index (κ2) is 35.2. The summed E-state index contributed by atoms with van der Waals surface area (Å²) in [6, 6.07) is 0. The minimum absolute atomic E-state index is 0.750. The number of rotatable bonds is 0. The van der Waals surface area contributed by atoms with Gasteiger partial charge < -0.3 is 4.79 Å². The van der Waals surface area contributed by atoms with Gasteiger partial charge in [-0.2, -0.15) is 12.6 Å². The van der Waals surface area contributed by atoms with Gasteiger partial charge in [0, 0.05) is 0 Å². The first kappa shape index (κ1) is 8.89. The van der Waals surface area contributed by atoms with Crippen LogP contribution in [0.5, 0.6) is 0 Å². The molecule has 0 unspecified atom stereocenters. The molecule has 0 bridgehead atoms. The first-order chi connectivity index (χ1) is 2.41. The Bertz CT molecular complexity index is 14.4. The fraction of sp³-hybridized carbons (Fsp3) is 0.667. The van der Waals surface area contributed by atoms with Crippen LogP contribution in [0.15, 0.2) is 0 Å². The Hall–Kier alpha value is 0.0200. The van der Waals surface area contributed by atoms with E-state index in [9.17, 15) is 0 Å². The van der Waals surface area contributed by atoms with Crippen LogP contribution in [0.1, 0.15) is 6.92 Å². The maximum atomic E-state index is 8.81. The van der Waals surface area contributed by atoms with Crippen LogP contribution >= 0.6 is 12.6 Å². The second-order valence-electron chi connectivity index (χ2n) is 0.236. The summed E-state index contributed by atoms with van der Waals surface area (Å²) in [7, 11) is 0. The zero-order chi connectivity index (χ0) is 4.71. The highest BCUT2D eigenvalue weighted by atomic mass is 32.1. The third kappa shape index (κ3) is 41000. The van der Waals surface area contributed by atoms with E-state index in [0.29, 0.717) is 0 Å². The first-order valence-electron chi connectivity index (χ1n) is 1.26. The molecule has 32 valence electrons. The smallest absolute Gasteiger partial charge is 0.116 e. The molecule has 0 rings (SSSR count). The molecule has 0 aliphatic carbocycles. The number of thiol groups is 1. The first-order valence-corrected chi connectivity index (χ1v) is 2.15. The van der Waals surface area contributed by atoms with E-state index in [2.05, 4.69) is 12.6 Å². The van der Waals surface area contributed by atoms with Crippen molar-refractivity contribution in [3.05, 3.63) is 0 Å². The summed E-state index contributed by atoms with van der Waals surface area (Å²) in [6.45, 7) is 1.44. The van der Waals surface area contributed by atoms with Crippen LogP contribution < -0.4 is 0 Å². The summed E-state index contributed by atoms with van der Waals surface area (Å²) in [6.07, 6.45) is 2.44. The predicted octanol–water partition coefficient (Wildman–Crippen LogP) is 0.751. The van der Waals surface area contributed by atoms with Crippen molar-refractivity contribution in [2.75, 3.05) is 6.26 Å². The van der Waals surface area contributed by atoms with Gasteiger partial charge in [-0.05, 0) is 13.2 Å². The molecular formula is C3H8OS. The molecule has 0 aliphatic rings. The standard InChI is InChI=1S/C2H4O.CH4S/c1-2-3;1-2/h2H,1H3;2H,1H3. The van der Waals surface area contributed by atoms with Crippen LogP contribution in [-0.2, 0) is 4.79 Å². The molecule has 0 aliphatic heterocycles. The van der Waals surface area contributed by atoms with E-state index in [1.165, 1.54) is 6.92 Å². The Balaban J connectivity index is 0. The summed E-state index contributed by atoms with van der Waals surface area (Å²) in [5.41, 5.74) is 0. The van der Waals surface area contributed by atoms with E-state index in [-0.39, 0.29) is 0 Å². The molecule has 5 heavy (non-hydrogen) atoms. The molecule has 0 atom stereocenters. The van der Waals surface area contributed by atoms with Crippen molar-refractivity contribution in [1.82, 2.24) is 0 Å². The highest BCUT2D eigenvalue weighted by Gasteiger charge is 1.24. The lowest BCUT2D eigenvalue weighted by molar-refractivity contribution is -0.106. The molecule has 0 aromatic rings. The van der Waals surface area contributed by atoms with E-state index in [1.807, 2.05) is 0 Å². The van der Waals surface area contributed by atoms with Crippen molar-refractivity contribution in [2.24, 2.45) is 0 Å². The Labute approximate surface area is 37.8 Å². The van der Waals surface area contributed by atoms with Gasteiger partial charge in [0.05, 0.1) is 0 Å². The summed E-state index contributed by atoms with van der Waals surface area (Å²) in [5, 5.41) is 0. The number of carbonyl (C=O) groups is 1. The molecule has 0 fully saturated rings. The van der Waals surface area contributed by atoms with Crippen LogP contribution in [0.2, 0.25) is 0 Å². The highest BCUT2D eigenvalue weighted by Crippen LogP contribution is 1.31. The van der Waals surface area contributed by atoms with Crippen LogP contribution in [0.3, 0.4) is 0 Å². The minimum Gasteiger partial charge on any atom is -0.304 e. The summed E-state index contributed by atoms with van der Waals surface area (Å²) in [4.78, 5) is 8.81. The highest BCUT2D eigenvalue weighted by molar-refractivity contribution is 7.79. The third-order valence-electron chi connectivity index (χ3n) is 0. The van der Waals surface area contributed by atoms with Gasteiger partial charge in [-0.15, -0.1) is 0 Å². The van der Waals surface area contributed by atoms with E-state index >= 15 is 0 Å². The SMILES string of the molecule is CC=O.CS. The molecule has 0 spiro atoms. The van der Waals surface area contributed by atoms with E-state index in [1.54, 1.807) is 6.26 Å². The van der Waals surface area contributed by atoms with Gasteiger partial charge in [-0.3, -0.25) is 0 Å². The minimum atomic E-state index is 0.750. The van der Waals surface area contributed by atoms with Crippen LogP contribution in [0, 0.1) is 0 Å². The van der Waals surface area contributed by atoms with E-state index < -0.39 is 0 Å².